The van der Waals surface area contributed by atoms with E-state index in [4.69, 9.17) is 0 Å². The molecule has 5 heterocycles. The van der Waals surface area contributed by atoms with Gasteiger partial charge < -0.3 is 14.8 Å². The monoisotopic (exact) mass is 540 g/mol. The second-order valence-corrected chi connectivity index (χ2v) is 9.62. The SMILES string of the molecule is C[C@@H](C(=O)Nc1ccnc(-c2cnc(N3CCC(C(C)(F)F)C3)nc2)n1)n1cnc2c1c(=O)n(C)c(=O)n2C. The van der Waals surface area contributed by atoms with Crippen LogP contribution in [0.1, 0.15) is 26.3 Å². The predicted molar refractivity (Wildman–Crippen MR) is 138 cm³/mol. The van der Waals surface area contributed by atoms with Gasteiger partial charge in [0.2, 0.25) is 17.8 Å². The zero-order valence-electron chi connectivity index (χ0n) is 21.7. The van der Waals surface area contributed by atoms with Crippen LogP contribution in [0.3, 0.4) is 0 Å². The highest BCUT2D eigenvalue weighted by atomic mass is 19.3. The van der Waals surface area contributed by atoms with Gasteiger partial charge in [-0.05, 0) is 26.3 Å². The highest BCUT2D eigenvalue weighted by Gasteiger charge is 2.39. The standard InChI is InChI=1S/C24H26F2N10O3/c1-13(36-12-30-19-17(36)21(38)34(4)23(39)33(19)3)20(37)32-16-5-7-27-18(31-16)14-9-28-22(29-10-14)35-8-6-15(11-35)24(2,25)26/h5,7,9-10,12-13,15H,6,8,11H2,1-4H3,(H,27,31,32,37)/t13-,15?/m0/s1. The molecule has 1 amide bonds. The number of hydrogen-bond donors (Lipinski definition) is 1. The molecule has 1 aliphatic heterocycles. The molecule has 0 saturated carbocycles. The maximum Gasteiger partial charge on any atom is 0.332 e. The fraction of sp³-hybridized carbons (Fsp3) is 0.417. The van der Waals surface area contributed by atoms with Crippen molar-refractivity contribution in [3.63, 3.8) is 0 Å². The Morgan fingerprint density at radius 1 is 1.13 bits per heavy atom. The topological polar surface area (TPSA) is 146 Å². The van der Waals surface area contributed by atoms with E-state index in [0.29, 0.717) is 24.5 Å². The van der Waals surface area contributed by atoms with Crippen molar-refractivity contribution in [2.75, 3.05) is 23.3 Å². The number of alkyl halides is 2. The van der Waals surface area contributed by atoms with Crippen LogP contribution in [0.25, 0.3) is 22.6 Å². The number of hydrogen-bond acceptors (Lipinski definition) is 9. The lowest BCUT2D eigenvalue weighted by atomic mass is 10.0. The molecule has 1 aliphatic rings. The minimum absolute atomic E-state index is 0.120. The smallest absolute Gasteiger partial charge is 0.332 e. The first-order valence-electron chi connectivity index (χ1n) is 12.2. The summed E-state index contributed by atoms with van der Waals surface area (Å²) in [5.74, 6) is -3.18. The van der Waals surface area contributed by atoms with Gasteiger partial charge in [0.05, 0.1) is 11.9 Å². The number of halogens is 2. The summed E-state index contributed by atoms with van der Waals surface area (Å²) >= 11 is 0. The molecule has 4 aromatic rings. The molecular formula is C24H26F2N10O3. The summed E-state index contributed by atoms with van der Waals surface area (Å²) in [5.41, 5.74) is -0.318. The van der Waals surface area contributed by atoms with E-state index in [0.717, 1.165) is 11.5 Å². The van der Waals surface area contributed by atoms with E-state index in [-0.39, 0.29) is 29.4 Å². The minimum Gasteiger partial charge on any atom is -0.340 e. The Kier molecular flexibility index (Phi) is 6.44. The molecule has 0 radical (unpaired) electrons. The molecule has 5 rings (SSSR count). The van der Waals surface area contributed by atoms with Crippen LogP contribution in [0.2, 0.25) is 0 Å². The van der Waals surface area contributed by atoms with E-state index < -0.39 is 35.0 Å². The number of fused-ring (bicyclic) bond motifs is 1. The third-order valence-corrected chi connectivity index (χ3v) is 6.96. The van der Waals surface area contributed by atoms with Crippen LogP contribution >= 0.6 is 0 Å². The molecule has 15 heteroatoms. The minimum atomic E-state index is -2.76. The Balaban J connectivity index is 1.33. The van der Waals surface area contributed by atoms with Gasteiger partial charge in [-0.3, -0.25) is 18.7 Å². The molecule has 39 heavy (non-hydrogen) atoms. The average Bonchev–Trinajstić information content (AvgIpc) is 3.59. The Morgan fingerprint density at radius 3 is 2.51 bits per heavy atom. The first-order chi connectivity index (χ1) is 18.5. The number of amides is 1. The number of aryl methyl sites for hydroxylation is 1. The van der Waals surface area contributed by atoms with E-state index in [1.54, 1.807) is 11.8 Å². The van der Waals surface area contributed by atoms with E-state index in [2.05, 4.69) is 30.2 Å². The third-order valence-electron chi connectivity index (χ3n) is 6.96. The highest BCUT2D eigenvalue weighted by molar-refractivity contribution is 5.93. The summed E-state index contributed by atoms with van der Waals surface area (Å²) < 4.78 is 30.9. The molecule has 1 N–H and O–H groups in total. The molecule has 0 spiro atoms. The van der Waals surface area contributed by atoms with Crippen LogP contribution in [-0.2, 0) is 18.9 Å². The van der Waals surface area contributed by atoms with Gasteiger partial charge in [0.25, 0.3) is 5.56 Å². The van der Waals surface area contributed by atoms with Crippen molar-refractivity contribution in [1.29, 1.82) is 0 Å². The molecule has 0 aliphatic carbocycles. The second-order valence-electron chi connectivity index (χ2n) is 9.62. The van der Waals surface area contributed by atoms with Gasteiger partial charge in [-0.15, -0.1) is 0 Å². The number of imidazole rings is 1. The van der Waals surface area contributed by atoms with Gasteiger partial charge in [-0.1, -0.05) is 0 Å². The fourth-order valence-electron chi connectivity index (χ4n) is 4.54. The van der Waals surface area contributed by atoms with Gasteiger partial charge in [-0.25, -0.2) is 38.5 Å². The van der Waals surface area contributed by atoms with Crippen LogP contribution in [0.4, 0.5) is 20.5 Å². The second kappa shape index (κ2) is 9.63. The largest absolute Gasteiger partial charge is 0.340 e. The number of nitrogens with one attached hydrogen (secondary N) is 1. The highest BCUT2D eigenvalue weighted by Crippen LogP contribution is 2.33. The maximum atomic E-state index is 13.6. The number of carbonyl (C=O) groups is 1. The molecule has 1 fully saturated rings. The molecule has 0 aromatic carbocycles. The van der Waals surface area contributed by atoms with E-state index in [1.165, 1.54) is 54.2 Å². The van der Waals surface area contributed by atoms with Crippen molar-refractivity contribution in [2.45, 2.75) is 32.2 Å². The summed E-state index contributed by atoms with van der Waals surface area (Å²) in [6, 6.07) is 0.647. The van der Waals surface area contributed by atoms with Crippen molar-refractivity contribution in [1.82, 2.24) is 38.6 Å². The lowest BCUT2D eigenvalue weighted by molar-refractivity contribution is -0.118. The van der Waals surface area contributed by atoms with Gasteiger partial charge in [0.1, 0.15) is 11.9 Å². The first-order valence-corrected chi connectivity index (χ1v) is 12.2. The van der Waals surface area contributed by atoms with Crippen molar-refractivity contribution in [3.05, 3.63) is 51.8 Å². The number of carbonyl (C=O) groups excluding carboxylic acids is 1. The summed E-state index contributed by atoms with van der Waals surface area (Å²) in [6.45, 7) is 3.13. The fourth-order valence-corrected chi connectivity index (χ4v) is 4.54. The Labute approximate surface area is 220 Å². The van der Waals surface area contributed by atoms with Crippen LogP contribution in [-0.4, -0.2) is 63.5 Å². The Hall–Kier alpha value is -4.56. The summed E-state index contributed by atoms with van der Waals surface area (Å²) in [4.78, 5) is 61.0. The number of aromatic nitrogens is 8. The normalized spacial score (nSPS) is 16.6. The molecule has 2 atom stereocenters. The Morgan fingerprint density at radius 2 is 1.85 bits per heavy atom. The lowest BCUT2D eigenvalue weighted by Gasteiger charge is -2.20. The Bertz CT molecular complexity index is 1670. The van der Waals surface area contributed by atoms with E-state index in [9.17, 15) is 23.2 Å². The van der Waals surface area contributed by atoms with Crippen LogP contribution in [0, 0.1) is 5.92 Å². The molecule has 4 aromatic heterocycles. The molecular weight excluding hydrogens is 514 g/mol. The quantitative estimate of drug-likeness (QED) is 0.383. The number of anilines is 2. The van der Waals surface area contributed by atoms with Crippen molar-refractivity contribution < 1.29 is 13.6 Å². The molecule has 1 unspecified atom stereocenters. The molecule has 13 nitrogen and oxygen atoms in total. The first kappa shape index (κ1) is 26.1. The van der Waals surface area contributed by atoms with Gasteiger partial charge >= 0.3 is 5.69 Å². The predicted octanol–water partition coefficient (Wildman–Crippen LogP) is 1.36. The van der Waals surface area contributed by atoms with Gasteiger partial charge in [0.15, 0.2) is 17.0 Å². The van der Waals surface area contributed by atoms with Gasteiger partial charge in [-0.2, -0.15) is 0 Å². The molecule has 0 bridgehead atoms. The maximum absolute atomic E-state index is 13.6. The van der Waals surface area contributed by atoms with Crippen LogP contribution in [0.15, 0.2) is 40.6 Å². The van der Waals surface area contributed by atoms with Crippen molar-refractivity contribution in [2.24, 2.45) is 20.0 Å². The van der Waals surface area contributed by atoms with E-state index >= 15 is 0 Å². The number of nitrogens with zero attached hydrogens (tertiary/aromatic N) is 9. The average molecular weight is 541 g/mol. The summed E-state index contributed by atoms with van der Waals surface area (Å²) in [6.07, 6.45) is 6.16. The van der Waals surface area contributed by atoms with Crippen molar-refractivity contribution in [3.8, 4) is 11.4 Å². The number of rotatable bonds is 6. The zero-order valence-corrected chi connectivity index (χ0v) is 21.7. The molecule has 204 valence electrons. The van der Waals surface area contributed by atoms with E-state index in [1.807, 2.05) is 0 Å². The van der Waals surface area contributed by atoms with Crippen LogP contribution < -0.4 is 21.5 Å². The lowest BCUT2D eigenvalue weighted by Crippen LogP contribution is -2.38. The van der Waals surface area contributed by atoms with Gasteiger partial charge in [0, 0.05) is 51.7 Å². The van der Waals surface area contributed by atoms with Crippen molar-refractivity contribution >= 4 is 28.8 Å². The summed E-state index contributed by atoms with van der Waals surface area (Å²) in [5, 5.41) is 2.70. The zero-order chi connectivity index (χ0) is 28.1. The summed E-state index contributed by atoms with van der Waals surface area (Å²) in [7, 11) is 2.85. The molecule has 1 saturated heterocycles. The third kappa shape index (κ3) is 4.75. The van der Waals surface area contributed by atoms with Crippen LogP contribution in [0.5, 0.6) is 0 Å².